The van der Waals surface area contributed by atoms with Crippen molar-refractivity contribution < 1.29 is 9.90 Å². The first-order valence-electron chi connectivity index (χ1n) is 5.84. The van der Waals surface area contributed by atoms with E-state index in [-0.39, 0.29) is 0 Å². The number of rotatable bonds is 1. The molecule has 2 rings (SSSR count). The minimum absolute atomic E-state index is 0.304. The minimum Gasteiger partial charge on any atom is -0.478 e. The number of benzene rings is 1. The molecule has 0 aliphatic rings. The molecule has 17 heavy (non-hydrogen) atoms. The topological polar surface area (TPSA) is 50.2 Å². The molecule has 1 heterocycles. The van der Waals surface area contributed by atoms with Gasteiger partial charge in [-0.2, -0.15) is 0 Å². The molecule has 92 valence electrons. The fourth-order valence-electron chi connectivity index (χ4n) is 1.22. The van der Waals surface area contributed by atoms with E-state index in [9.17, 15) is 4.79 Å². The van der Waals surface area contributed by atoms with Gasteiger partial charge in [-0.15, -0.1) is 0 Å². The summed E-state index contributed by atoms with van der Waals surface area (Å²) in [5, 5.41) is 10.6. The highest BCUT2D eigenvalue weighted by Gasteiger charge is 2.02. The normalized spacial score (nSPS) is 8.47. The highest BCUT2D eigenvalue weighted by molar-refractivity contribution is 5.93. The predicted octanol–water partition coefficient (Wildman–Crippen LogP) is 3.99. The third-order valence-electron chi connectivity index (χ3n) is 1.89. The number of hydrogen-bond acceptors (Lipinski definition) is 2. The van der Waals surface area contributed by atoms with Gasteiger partial charge in [-0.1, -0.05) is 33.8 Å². The fraction of sp³-hybridized carbons (Fsp3) is 0.286. The average molecular weight is 233 g/mol. The third-order valence-corrected chi connectivity index (χ3v) is 1.89. The zero-order valence-corrected chi connectivity index (χ0v) is 10.8. The first kappa shape index (κ1) is 15.1. The Hall–Kier alpha value is -1.90. The summed E-state index contributed by atoms with van der Waals surface area (Å²) < 4.78 is 0. The lowest BCUT2D eigenvalue weighted by atomic mass is 10.1. The quantitative estimate of drug-likeness (QED) is 0.810. The number of carboxylic acids is 1. The summed E-state index contributed by atoms with van der Waals surface area (Å²) in [6, 6.07) is 6.76. The lowest BCUT2D eigenvalue weighted by molar-refractivity contribution is 0.0697. The van der Waals surface area contributed by atoms with Crippen LogP contribution in [-0.2, 0) is 0 Å². The molecule has 0 atom stereocenters. The van der Waals surface area contributed by atoms with Gasteiger partial charge in [0.2, 0.25) is 0 Å². The summed E-state index contributed by atoms with van der Waals surface area (Å²) in [6.07, 6.45) is 3.36. The molecule has 1 aromatic carbocycles. The van der Waals surface area contributed by atoms with Gasteiger partial charge in [-0.3, -0.25) is 4.98 Å². The van der Waals surface area contributed by atoms with Gasteiger partial charge in [-0.05, 0) is 23.6 Å². The summed E-state index contributed by atoms with van der Waals surface area (Å²) in [5.41, 5.74) is 0.304. The Balaban J connectivity index is 0.000000581. The Kier molecular flexibility index (Phi) is 7.35. The molecule has 1 aromatic heterocycles. The monoisotopic (exact) mass is 233 g/mol. The van der Waals surface area contributed by atoms with E-state index in [2.05, 4.69) is 4.98 Å². The van der Waals surface area contributed by atoms with Crippen molar-refractivity contribution in [2.24, 2.45) is 0 Å². The summed E-state index contributed by atoms with van der Waals surface area (Å²) in [6.45, 7) is 8.00. The lowest BCUT2D eigenvalue weighted by Crippen LogP contribution is -1.95. The van der Waals surface area contributed by atoms with Crippen LogP contribution in [0.5, 0.6) is 0 Å². The molecule has 2 aromatic rings. The summed E-state index contributed by atoms with van der Waals surface area (Å²) in [7, 11) is 0. The second kappa shape index (κ2) is 8.28. The van der Waals surface area contributed by atoms with E-state index < -0.39 is 5.97 Å². The number of carbonyl (C=O) groups is 1. The number of hydrogen-bond donors (Lipinski definition) is 1. The molecular weight excluding hydrogens is 214 g/mol. The number of pyridine rings is 1. The maximum atomic E-state index is 10.6. The number of fused-ring (bicyclic) bond motifs is 1. The zero-order valence-electron chi connectivity index (χ0n) is 10.8. The Bertz CT molecular complexity index is 466. The smallest absolute Gasteiger partial charge is 0.335 e. The molecule has 0 aliphatic heterocycles. The molecule has 0 saturated heterocycles. The summed E-state index contributed by atoms with van der Waals surface area (Å²) >= 11 is 0. The van der Waals surface area contributed by atoms with Crippen LogP contribution in [0.2, 0.25) is 0 Å². The van der Waals surface area contributed by atoms with E-state index in [1.807, 2.05) is 27.7 Å². The minimum atomic E-state index is -0.904. The zero-order chi connectivity index (χ0) is 13.3. The van der Waals surface area contributed by atoms with E-state index in [1.165, 1.54) is 0 Å². The molecule has 0 unspecified atom stereocenters. The summed E-state index contributed by atoms with van der Waals surface area (Å²) in [5.74, 6) is -0.904. The van der Waals surface area contributed by atoms with E-state index in [4.69, 9.17) is 5.11 Å². The van der Waals surface area contributed by atoms with Crippen LogP contribution < -0.4 is 0 Å². The van der Waals surface area contributed by atoms with E-state index in [0.717, 1.165) is 10.8 Å². The number of aromatic carboxylic acids is 1. The van der Waals surface area contributed by atoms with Crippen molar-refractivity contribution >= 4 is 16.7 Å². The third kappa shape index (κ3) is 4.23. The number of nitrogens with zero attached hydrogens (tertiary/aromatic N) is 1. The molecule has 0 radical (unpaired) electrons. The molecule has 3 nitrogen and oxygen atoms in total. The van der Waals surface area contributed by atoms with Gasteiger partial charge in [0, 0.05) is 17.8 Å². The molecule has 0 spiro atoms. The van der Waals surface area contributed by atoms with Crippen molar-refractivity contribution in [3.63, 3.8) is 0 Å². The van der Waals surface area contributed by atoms with Gasteiger partial charge in [-0.25, -0.2) is 4.79 Å². The molecule has 1 N–H and O–H groups in total. The first-order valence-corrected chi connectivity index (χ1v) is 5.84. The Morgan fingerprint density at radius 3 is 2.29 bits per heavy atom. The molecule has 0 aliphatic carbocycles. The lowest BCUT2D eigenvalue weighted by Gasteiger charge is -1.97. The van der Waals surface area contributed by atoms with E-state index in [1.54, 1.807) is 36.7 Å². The SMILES string of the molecule is CC.CC.O=C(O)c1ccc2cnccc2c1. The van der Waals surface area contributed by atoms with Gasteiger partial charge in [0.15, 0.2) is 0 Å². The fourth-order valence-corrected chi connectivity index (χ4v) is 1.22. The predicted molar refractivity (Wildman–Crippen MR) is 71.4 cm³/mol. The van der Waals surface area contributed by atoms with Gasteiger partial charge in [0.1, 0.15) is 0 Å². The Morgan fingerprint density at radius 2 is 1.71 bits per heavy atom. The molecule has 3 heteroatoms. The van der Waals surface area contributed by atoms with Crippen LogP contribution in [0.25, 0.3) is 10.8 Å². The Morgan fingerprint density at radius 1 is 1.06 bits per heavy atom. The largest absolute Gasteiger partial charge is 0.478 e. The van der Waals surface area contributed by atoms with E-state index in [0.29, 0.717) is 5.56 Å². The van der Waals surface area contributed by atoms with Crippen molar-refractivity contribution in [2.45, 2.75) is 27.7 Å². The molecule has 0 amide bonds. The van der Waals surface area contributed by atoms with Crippen LogP contribution in [0.3, 0.4) is 0 Å². The summed E-state index contributed by atoms with van der Waals surface area (Å²) in [4.78, 5) is 14.6. The number of aromatic nitrogens is 1. The van der Waals surface area contributed by atoms with Crippen molar-refractivity contribution in [3.8, 4) is 0 Å². The van der Waals surface area contributed by atoms with Crippen molar-refractivity contribution in [2.75, 3.05) is 0 Å². The average Bonchev–Trinajstić information content (AvgIpc) is 2.42. The first-order chi connectivity index (χ1) is 8.27. The van der Waals surface area contributed by atoms with Crippen LogP contribution >= 0.6 is 0 Å². The Labute approximate surface area is 102 Å². The van der Waals surface area contributed by atoms with Crippen molar-refractivity contribution in [1.82, 2.24) is 4.98 Å². The van der Waals surface area contributed by atoms with Gasteiger partial charge in [0.05, 0.1) is 5.56 Å². The highest BCUT2D eigenvalue weighted by Crippen LogP contribution is 2.14. The van der Waals surface area contributed by atoms with Crippen LogP contribution in [0.15, 0.2) is 36.7 Å². The number of carboxylic acid groups (broad SMARTS) is 1. The van der Waals surface area contributed by atoms with Crippen molar-refractivity contribution in [3.05, 3.63) is 42.2 Å². The van der Waals surface area contributed by atoms with Gasteiger partial charge < -0.3 is 5.11 Å². The van der Waals surface area contributed by atoms with Crippen LogP contribution in [0, 0.1) is 0 Å². The molecule has 0 fully saturated rings. The van der Waals surface area contributed by atoms with Crippen LogP contribution in [0.1, 0.15) is 38.1 Å². The molecular formula is C14H19NO2. The van der Waals surface area contributed by atoms with Crippen LogP contribution in [0.4, 0.5) is 0 Å². The second-order valence-corrected chi connectivity index (χ2v) is 2.74. The maximum absolute atomic E-state index is 10.6. The van der Waals surface area contributed by atoms with Crippen LogP contribution in [-0.4, -0.2) is 16.1 Å². The standard InChI is InChI=1S/C10H7NO2.2C2H6/c12-10(13)8-1-2-9-6-11-4-3-7(9)5-8;2*1-2/h1-6H,(H,12,13);2*1-2H3. The second-order valence-electron chi connectivity index (χ2n) is 2.74. The van der Waals surface area contributed by atoms with Gasteiger partial charge >= 0.3 is 5.97 Å². The molecule has 0 bridgehead atoms. The maximum Gasteiger partial charge on any atom is 0.335 e. The van der Waals surface area contributed by atoms with Gasteiger partial charge in [0.25, 0.3) is 0 Å². The van der Waals surface area contributed by atoms with Crippen molar-refractivity contribution in [1.29, 1.82) is 0 Å². The van der Waals surface area contributed by atoms with E-state index >= 15 is 0 Å². The highest BCUT2D eigenvalue weighted by atomic mass is 16.4. The molecule has 0 saturated carbocycles.